The quantitative estimate of drug-likeness (QED) is 0.414. The molecule has 0 radical (unpaired) electrons. The number of allylic oxidation sites excluding steroid dienone is 8. The second-order valence-electron chi connectivity index (χ2n) is 7.57. The van der Waals surface area contributed by atoms with Crippen molar-refractivity contribution in [1.29, 1.82) is 0 Å². The molecule has 7 atom stereocenters. The fourth-order valence-corrected chi connectivity index (χ4v) is 2.54. The molecule has 1 aliphatic rings. The molecule has 0 aromatic heterocycles. The van der Waals surface area contributed by atoms with Crippen LogP contribution in [0, 0.1) is 5.92 Å². The van der Waals surface area contributed by atoms with Crippen molar-refractivity contribution in [3.05, 3.63) is 60.8 Å². The van der Waals surface area contributed by atoms with Gasteiger partial charge in [0.05, 0.1) is 18.3 Å². The molecule has 0 spiro atoms. The number of ether oxygens (including phenoxy) is 2. The summed E-state index contributed by atoms with van der Waals surface area (Å²) in [5.74, 6) is 0.210. The minimum absolute atomic E-state index is 0.210. The van der Waals surface area contributed by atoms with Crippen LogP contribution in [0.4, 0.5) is 0 Å². The lowest BCUT2D eigenvalue weighted by Gasteiger charge is -2.39. The van der Waals surface area contributed by atoms with Crippen molar-refractivity contribution >= 4 is 0 Å². The molecule has 1 rings (SSSR count). The Kier molecular flexibility index (Phi) is 12.0. The van der Waals surface area contributed by atoms with E-state index in [4.69, 9.17) is 9.47 Å². The van der Waals surface area contributed by atoms with Gasteiger partial charge in [0.15, 0.2) is 6.29 Å². The summed E-state index contributed by atoms with van der Waals surface area (Å²) in [6.45, 7) is 7.40. The minimum Gasteiger partial charge on any atom is -0.389 e. The van der Waals surface area contributed by atoms with E-state index in [1.165, 1.54) is 0 Å². The monoisotopic (exact) mass is 408 g/mol. The molecule has 29 heavy (non-hydrogen) atoms. The van der Waals surface area contributed by atoms with Crippen LogP contribution < -0.4 is 0 Å². The normalized spacial score (nSPS) is 31.3. The predicted octanol–water partition coefficient (Wildman–Crippen LogP) is 2.41. The van der Waals surface area contributed by atoms with E-state index in [9.17, 15) is 20.4 Å². The SMILES string of the molecule is CC(C/C=C/C=C/C=C/C=C/C=C/C(O)C(C)C)OC1OC(C)C(O)C(O)C1O. The maximum atomic E-state index is 9.95. The average molecular weight is 409 g/mol. The number of aliphatic hydroxyl groups excluding tert-OH is 4. The van der Waals surface area contributed by atoms with Crippen LogP contribution in [0.25, 0.3) is 0 Å². The summed E-state index contributed by atoms with van der Waals surface area (Å²) in [5, 5.41) is 39.1. The lowest BCUT2D eigenvalue weighted by molar-refractivity contribution is -0.302. The Balaban J connectivity index is 2.29. The van der Waals surface area contributed by atoms with E-state index in [-0.39, 0.29) is 12.0 Å². The summed E-state index contributed by atoms with van der Waals surface area (Å²) in [6, 6.07) is 0. The maximum absolute atomic E-state index is 9.95. The van der Waals surface area contributed by atoms with Crippen LogP contribution in [0.15, 0.2) is 60.8 Å². The van der Waals surface area contributed by atoms with Gasteiger partial charge in [0.1, 0.15) is 18.3 Å². The molecule has 6 heteroatoms. The highest BCUT2D eigenvalue weighted by Gasteiger charge is 2.42. The summed E-state index contributed by atoms with van der Waals surface area (Å²) < 4.78 is 11.1. The van der Waals surface area contributed by atoms with Gasteiger partial charge in [0.25, 0.3) is 0 Å². The first-order valence-corrected chi connectivity index (χ1v) is 10.1. The third kappa shape index (κ3) is 9.67. The number of hydrogen-bond acceptors (Lipinski definition) is 6. The zero-order chi connectivity index (χ0) is 21.8. The van der Waals surface area contributed by atoms with Gasteiger partial charge in [-0.3, -0.25) is 0 Å². The Bertz CT molecular complexity index is 592. The zero-order valence-corrected chi connectivity index (χ0v) is 17.7. The molecular formula is C23H36O6. The third-order valence-electron chi connectivity index (χ3n) is 4.55. The Morgan fingerprint density at radius 3 is 1.97 bits per heavy atom. The number of rotatable bonds is 10. The van der Waals surface area contributed by atoms with Crippen LogP contribution in [0.1, 0.15) is 34.1 Å². The largest absolute Gasteiger partial charge is 0.389 e. The Hall–Kier alpha value is -1.54. The fourth-order valence-electron chi connectivity index (χ4n) is 2.54. The molecule has 1 heterocycles. The second kappa shape index (κ2) is 13.6. The number of hydrogen-bond donors (Lipinski definition) is 4. The van der Waals surface area contributed by atoms with Crippen molar-refractivity contribution < 1.29 is 29.9 Å². The molecule has 164 valence electrons. The fraction of sp³-hybridized carbons (Fsp3) is 0.565. The molecule has 6 nitrogen and oxygen atoms in total. The van der Waals surface area contributed by atoms with Gasteiger partial charge in [-0.1, -0.05) is 74.6 Å². The van der Waals surface area contributed by atoms with E-state index in [1.807, 2.05) is 75.5 Å². The molecule has 0 saturated carbocycles. The van der Waals surface area contributed by atoms with Gasteiger partial charge in [-0.05, 0) is 26.2 Å². The van der Waals surface area contributed by atoms with Crippen molar-refractivity contribution in [1.82, 2.24) is 0 Å². The summed E-state index contributed by atoms with van der Waals surface area (Å²) in [4.78, 5) is 0. The van der Waals surface area contributed by atoms with Gasteiger partial charge in [0, 0.05) is 0 Å². The van der Waals surface area contributed by atoms with Gasteiger partial charge in [-0.25, -0.2) is 0 Å². The van der Waals surface area contributed by atoms with E-state index in [0.717, 1.165) is 0 Å². The van der Waals surface area contributed by atoms with Crippen molar-refractivity contribution in [3.8, 4) is 0 Å². The Labute approximate surface area is 174 Å². The van der Waals surface area contributed by atoms with Gasteiger partial charge in [-0.2, -0.15) is 0 Å². The maximum Gasteiger partial charge on any atom is 0.186 e. The van der Waals surface area contributed by atoms with Gasteiger partial charge in [-0.15, -0.1) is 0 Å². The highest BCUT2D eigenvalue weighted by atomic mass is 16.7. The molecule has 1 saturated heterocycles. The highest BCUT2D eigenvalue weighted by molar-refractivity contribution is 5.18. The first-order valence-electron chi connectivity index (χ1n) is 10.1. The van der Waals surface area contributed by atoms with Gasteiger partial charge in [0.2, 0.25) is 0 Å². The van der Waals surface area contributed by atoms with E-state index in [1.54, 1.807) is 13.0 Å². The molecule has 4 N–H and O–H groups in total. The van der Waals surface area contributed by atoms with Crippen LogP contribution in [-0.4, -0.2) is 63.3 Å². The van der Waals surface area contributed by atoms with Crippen LogP contribution in [0.3, 0.4) is 0 Å². The average Bonchev–Trinajstić information content (AvgIpc) is 2.68. The second-order valence-corrected chi connectivity index (χ2v) is 7.57. The summed E-state index contributed by atoms with van der Waals surface area (Å²) in [7, 11) is 0. The van der Waals surface area contributed by atoms with E-state index >= 15 is 0 Å². The van der Waals surface area contributed by atoms with Crippen LogP contribution in [-0.2, 0) is 9.47 Å². The molecule has 1 aliphatic heterocycles. The van der Waals surface area contributed by atoms with Gasteiger partial charge >= 0.3 is 0 Å². The first kappa shape index (κ1) is 25.5. The van der Waals surface area contributed by atoms with Gasteiger partial charge < -0.3 is 29.9 Å². The minimum atomic E-state index is -1.29. The topological polar surface area (TPSA) is 99.4 Å². The van der Waals surface area contributed by atoms with E-state index in [0.29, 0.717) is 6.42 Å². The summed E-state index contributed by atoms with van der Waals surface area (Å²) in [6.07, 6.45) is 13.4. The Morgan fingerprint density at radius 2 is 1.38 bits per heavy atom. The highest BCUT2D eigenvalue weighted by Crippen LogP contribution is 2.23. The Morgan fingerprint density at radius 1 is 0.828 bits per heavy atom. The van der Waals surface area contributed by atoms with E-state index < -0.39 is 36.8 Å². The molecule has 0 amide bonds. The first-order chi connectivity index (χ1) is 13.7. The van der Waals surface area contributed by atoms with Crippen molar-refractivity contribution in [2.75, 3.05) is 0 Å². The zero-order valence-electron chi connectivity index (χ0n) is 17.7. The van der Waals surface area contributed by atoms with E-state index in [2.05, 4.69) is 0 Å². The predicted molar refractivity (Wildman–Crippen MR) is 114 cm³/mol. The van der Waals surface area contributed by atoms with Crippen molar-refractivity contribution in [2.45, 2.75) is 77.0 Å². The van der Waals surface area contributed by atoms with Crippen molar-refractivity contribution in [2.24, 2.45) is 5.92 Å². The van der Waals surface area contributed by atoms with Crippen LogP contribution in [0.2, 0.25) is 0 Å². The molecule has 0 aromatic carbocycles. The lowest BCUT2D eigenvalue weighted by Crippen LogP contribution is -2.57. The van der Waals surface area contributed by atoms with Crippen LogP contribution >= 0.6 is 0 Å². The lowest BCUT2D eigenvalue weighted by atomic mass is 10.00. The summed E-state index contributed by atoms with van der Waals surface area (Å²) >= 11 is 0. The molecule has 7 unspecified atom stereocenters. The molecule has 1 fully saturated rings. The third-order valence-corrected chi connectivity index (χ3v) is 4.55. The van der Waals surface area contributed by atoms with Crippen molar-refractivity contribution in [3.63, 3.8) is 0 Å². The molecule has 0 aliphatic carbocycles. The molecule has 0 bridgehead atoms. The smallest absolute Gasteiger partial charge is 0.186 e. The van der Waals surface area contributed by atoms with Crippen LogP contribution in [0.5, 0.6) is 0 Å². The number of aliphatic hydroxyl groups is 4. The molecular weight excluding hydrogens is 372 g/mol. The standard InChI is InChI=1S/C23H36O6/c1-16(2)19(24)15-13-11-9-7-5-6-8-10-12-14-17(3)28-23-22(27)21(26)20(25)18(4)29-23/h5-13,15-27H,14H2,1-4H3/b7-5+,8-6+,11-9+,12-10+,15-13+. The molecule has 0 aromatic rings. The summed E-state index contributed by atoms with van der Waals surface area (Å²) in [5.41, 5.74) is 0.